The number of nitrogens with zero attached hydrogens (tertiary/aromatic N) is 1. The van der Waals surface area contributed by atoms with E-state index in [9.17, 15) is 13.2 Å². The number of benzene rings is 3. The summed E-state index contributed by atoms with van der Waals surface area (Å²) in [6.45, 7) is 3.78. The lowest BCUT2D eigenvalue weighted by Gasteiger charge is -2.26. The van der Waals surface area contributed by atoms with E-state index in [-0.39, 0.29) is 17.3 Å². The van der Waals surface area contributed by atoms with Crippen molar-refractivity contribution < 1.29 is 13.2 Å². The SMILES string of the molecule is Cc1ccc(S(=O)(=O)N(CC(=O)NCCCSCc2ccccc2Cl)c2cc(Cl)ccc2C)cc1. The topological polar surface area (TPSA) is 66.5 Å². The Balaban J connectivity index is 1.64. The molecule has 1 amide bonds. The molecule has 0 bridgehead atoms. The lowest BCUT2D eigenvalue weighted by molar-refractivity contribution is -0.119. The zero-order valence-corrected chi connectivity index (χ0v) is 22.8. The van der Waals surface area contributed by atoms with Crippen molar-refractivity contribution >= 4 is 56.6 Å². The summed E-state index contributed by atoms with van der Waals surface area (Å²) in [6.07, 6.45) is 0.752. The maximum absolute atomic E-state index is 13.5. The molecule has 0 radical (unpaired) electrons. The first kappa shape index (κ1) is 27.4. The van der Waals surface area contributed by atoms with Crippen LogP contribution in [-0.4, -0.2) is 33.2 Å². The number of anilines is 1. The van der Waals surface area contributed by atoms with Gasteiger partial charge in [0.05, 0.1) is 10.6 Å². The van der Waals surface area contributed by atoms with Crippen LogP contribution in [0.5, 0.6) is 0 Å². The maximum Gasteiger partial charge on any atom is 0.264 e. The van der Waals surface area contributed by atoms with E-state index in [1.807, 2.05) is 31.2 Å². The molecule has 0 spiro atoms. The summed E-state index contributed by atoms with van der Waals surface area (Å²) < 4.78 is 28.1. The first-order valence-corrected chi connectivity index (χ1v) is 14.5. The van der Waals surface area contributed by atoms with Crippen molar-refractivity contribution in [3.8, 4) is 0 Å². The number of hydrogen-bond acceptors (Lipinski definition) is 4. The van der Waals surface area contributed by atoms with Crippen LogP contribution in [0.3, 0.4) is 0 Å². The second-order valence-corrected chi connectivity index (χ2v) is 11.9. The smallest absolute Gasteiger partial charge is 0.264 e. The Morgan fingerprint density at radius 3 is 2.43 bits per heavy atom. The van der Waals surface area contributed by atoms with E-state index in [1.165, 1.54) is 0 Å². The molecule has 0 aliphatic carbocycles. The number of carbonyl (C=O) groups is 1. The zero-order chi connectivity index (χ0) is 25.4. The number of sulfonamides is 1. The van der Waals surface area contributed by atoms with Gasteiger partial charge < -0.3 is 5.32 Å². The van der Waals surface area contributed by atoms with Crippen molar-refractivity contribution in [3.63, 3.8) is 0 Å². The van der Waals surface area contributed by atoms with Crippen molar-refractivity contribution in [1.82, 2.24) is 5.32 Å². The van der Waals surface area contributed by atoms with E-state index in [2.05, 4.69) is 5.32 Å². The minimum atomic E-state index is -3.98. The Bertz CT molecular complexity index is 1270. The van der Waals surface area contributed by atoms with Crippen molar-refractivity contribution in [2.45, 2.75) is 30.9 Å². The molecule has 1 N–H and O–H groups in total. The van der Waals surface area contributed by atoms with Crippen molar-refractivity contribution in [2.24, 2.45) is 0 Å². The molecule has 0 unspecified atom stereocenters. The van der Waals surface area contributed by atoms with Crippen molar-refractivity contribution in [1.29, 1.82) is 0 Å². The van der Waals surface area contributed by atoms with Crippen LogP contribution >= 0.6 is 35.0 Å². The van der Waals surface area contributed by atoms with Crippen LogP contribution in [0.25, 0.3) is 0 Å². The number of halogens is 2. The monoisotopic (exact) mass is 550 g/mol. The molecule has 0 aromatic heterocycles. The lowest BCUT2D eigenvalue weighted by atomic mass is 10.2. The van der Waals surface area contributed by atoms with Crippen LogP contribution in [0.4, 0.5) is 5.69 Å². The van der Waals surface area contributed by atoms with Crippen LogP contribution in [0.1, 0.15) is 23.1 Å². The van der Waals surface area contributed by atoms with Crippen LogP contribution in [0.2, 0.25) is 10.0 Å². The number of aryl methyl sites for hydroxylation is 2. The quantitative estimate of drug-likeness (QED) is 0.287. The fraction of sp³-hybridized carbons (Fsp3) is 0.269. The predicted molar refractivity (Wildman–Crippen MR) is 147 cm³/mol. The Morgan fingerprint density at radius 2 is 1.71 bits per heavy atom. The fourth-order valence-corrected chi connectivity index (χ4v) is 6.26. The molecule has 0 heterocycles. The molecule has 5 nitrogen and oxygen atoms in total. The average molecular weight is 552 g/mol. The van der Waals surface area contributed by atoms with Crippen LogP contribution in [0.15, 0.2) is 71.6 Å². The third-order valence-electron chi connectivity index (χ3n) is 5.34. The first-order chi connectivity index (χ1) is 16.7. The number of amides is 1. The highest BCUT2D eigenvalue weighted by Gasteiger charge is 2.28. The minimum Gasteiger partial charge on any atom is -0.354 e. The molecule has 3 aromatic carbocycles. The maximum atomic E-state index is 13.5. The Kier molecular flexibility index (Phi) is 9.92. The van der Waals surface area contributed by atoms with Gasteiger partial charge in [-0.05, 0) is 67.5 Å². The Labute approximate surface area is 221 Å². The molecule has 0 saturated heterocycles. The third-order valence-corrected chi connectivity index (χ3v) is 8.81. The minimum absolute atomic E-state index is 0.117. The molecule has 0 fully saturated rings. The number of rotatable bonds is 11. The van der Waals surface area contributed by atoms with Gasteiger partial charge >= 0.3 is 0 Å². The molecular formula is C26H28Cl2N2O3S2. The van der Waals surface area contributed by atoms with E-state index < -0.39 is 10.0 Å². The Hall–Kier alpha value is -2.19. The van der Waals surface area contributed by atoms with Crippen LogP contribution < -0.4 is 9.62 Å². The van der Waals surface area contributed by atoms with Gasteiger partial charge in [-0.15, -0.1) is 0 Å². The number of carbonyl (C=O) groups excluding carboxylic acids is 1. The van der Waals surface area contributed by atoms with Gasteiger partial charge in [0.25, 0.3) is 10.0 Å². The summed E-state index contributed by atoms with van der Waals surface area (Å²) >= 11 is 14.1. The number of hydrogen-bond donors (Lipinski definition) is 1. The third kappa shape index (κ3) is 7.64. The number of nitrogens with one attached hydrogen (secondary N) is 1. The van der Waals surface area contributed by atoms with E-state index in [4.69, 9.17) is 23.2 Å². The molecule has 0 saturated carbocycles. The molecule has 9 heteroatoms. The lowest BCUT2D eigenvalue weighted by Crippen LogP contribution is -2.41. The summed E-state index contributed by atoms with van der Waals surface area (Å²) in [7, 11) is -3.98. The summed E-state index contributed by atoms with van der Waals surface area (Å²) in [5.74, 6) is 1.25. The highest BCUT2D eigenvalue weighted by Crippen LogP contribution is 2.29. The van der Waals surface area contributed by atoms with E-state index in [1.54, 1.807) is 61.2 Å². The van der Waals surface area contributed by atoms with E-state index in [0.717, 1.165) is 38.4 Å². The van der Waals surface area contributed by atoms with Crippen molar-refractivity contribution in [2.75, 3.05) is 23.1 Å². The average Bonchev–Trinajstić information content (AvgIpc) is 2.82. The summed E-state index contributed by atoms with van der Waals surface area (Å²) in [5.41, 5.74) is 3.11. The normalized spacial score (nSPS) is 11.3. The van der Waals surface area contributed by atoms with Gasteiger partial charge in [-0.25, -0.2) is 8.42 Å². The van der Waals surface area contributed by atoms with Gasteiger partial charge in [0, 0.05) is 22.3 Å². The van der Waals surface area contributed by atoms with Gasteiger partial charge in [-0.2, -0.15) is 11.8 Å². The van der Waals surface area contributed by atoms with Gasteiger partial charge in [0.1, 0.15) is 6.54 Å². The predicted octanol–water partition coefficient (Wildman–Crippen LogP) is 6.25. The molecule has 3 rings (SSSR count). The molecule has 35 heavy (non-hydrogen) atoms. The first-order valence-electron chi connectivity index (χ1n) is 11.1. The molecule has 186 valence electrons. The fourth-order valence-electron chi connectivity index (χ4n) is 3.37. The molecule has 0 aliphatic rings. The summed E-state index contributed by atoms with van der Waals surface area (Å²) in [5, 5.41) is 3.99. The zero-order valence-electron chi connectivity index (χ0n) is 19.6. The van der Waals surface area contributed by atoms with Crippen molar-refractivity contribution in [3.05, 3.63) is 93.5 Å². The molecule has 3 aromatic rings. The van der Waals surface area contributed by atoms with Crippen LogP contribution in [0, 0.1) is 13.8 Å². The molecule has 0 atom stereocenters. The van der Waals surface area contributed by atoms with Gasteiger partial charge in [0.2, 0.25) is 5.91 Å². The number of thioether (sulfide) groups is 1. The second kappa shape index (κ2) is 12.7. The van der Waals surface area contributed by atoms with E-state index in [0.29, 0.717) is 22.8 Å². The standard InChI is InChI=1S/C26H28Cl2N2O3S2/c1-19-8-12-23(13-9-19)35(32,33)30(25-16-22(27)11-10-20(25)2)17-26(31)29-14-5-15-34-18-21-6-3-4-7-24(21)28/h3-4,6-13,16H,5,14-15,17-18H2,1-2H3,(H,29,31). The highest BCUT2D eigenvalue weighted by atomic mass is 35.5. The molecular weight excluding hydrogens is 523 g/mol. The summed E-state index contributed by atoms with van der Waals surface area (Å²) in [4.78, 5) is 12.9. The second-order valence-electron chi connectivity index (χ2n) is 8.10. The Morgan fingerprint density at radius 1 is 1.00 bits per heavy atom. The summed E-state index contributed by atoms with van der Waals surface area (Å²) in [6, 6.07) is 19.3. The van der Waals surface area contributed by atoms with Crippen LogP contribution in [-0.2, 0) is 20.6 Å². The van der Waals surface area contributed by atoms with Gasteiger partial charge in [0.15, 0.2) is 0 Å². The van der Waals surface area contributed by atoms with Gasteiger partial charge in [-0.1, -0.05) is 65.2 Å². The largest absolute Gasteiger partial charge is 0.354 e. The highest BCUT2D eigenvalue weighted by molar-refractivity contribution is 7.98. The van der Waals surface area contributed by atoms with E-state index >= 15 is 0 Å². The molecule has 0 aliphatic heterocycles. The van der Waals surface area contributed by atoms with Gasteiger partial charge in [-0.3, -0.25) is 9.10 Å².